The van der Waals surface area contributed by atoms with Crippen LogP contribution in [0.2, 0.25) is 0 Å². The van der Waals surface area contributed by atoms with Gasteiger partial charge < -0.3 is 18.9 Å². The molecule has 0 aliphatic carbocycles. The molecular formula is C25H29N7O6S. The largest absolute Gasteiger partial charge is 0.494 e. The Morgan fingerprint density at radius 3 is 2.31 bits per heavy atom. The predicted octanol–water partition coefficient (Wildman–Crippen LogP) is 2.48. The van der Waals surface area contributed by atoms with Crippen molar-refractivity contribution >= 4 is 11.3 Å². The van der Waals surface area contributed by atoms with Crippen LogP contribution < -0.4 is 18.9 Å². The van der Waals surface area contributed by atoms with E-state index in [1.165, 1.54) is 26.6 Å². The molecule has 39 heavy (non-hydrogen) atoms. The van der Waals surface area contributed by atoms with Crippen molar-refractivity contribution in [2.75, 3.05) is 28.4 Å². The first-order chi connectivity index (χ1) is 18.9. The number of hydrogen-bond donors (Lipinski definition) is 2. The number of hydrogen-bond acceptors (Lipinski definition) is 10. The Morgan fingerprint density at radius 1 is 1.00 bits per heavy atom. The van der Waals surface area contributed by atoms with E-state index in [0.717, 1.165) is 5.56 Å². The van der Waals surface area contributed by atoms with E-state index in [9.17, 15) is 8.76 Å². The molecule has 1 unspecified atom stereocenters. The fourth-order valence-electron chi connectivity index (χ4n) is 4.21. The highest BCUT2D eigenvalue weighted by molar-refractivity contribution is 7.77. The van der Waals surface area contributed by atoms with Crippen molar-refractivity contribution in [2.45, 2.75) is 25.5 Å². The van der Waals surface area contributed by atoms with Gasteiger partial charge in [-0.05, 0) is 30.7 Å². The zero-order chi connectivity index (χ0) is 27.9. The second-order valence-corrected chi connectivity index (χ2v) is 9.09. The maximum absolute atomic E-state index is 12.0. The summed E-state index contributed by atoms with van der Waals surface area (Å²) in [5, 5.41) is 8.95. The first kappa shape index (κ1) is 28.0. The summed E-state index contributed by atoms with van der Waals surface area (Å²) in [6.45, 7) is 1.93. The second kappa shape index (κ2) is 12.7. The van der Waals surface area contributed by atoms with Crippen molar-refractivity contribution in [3.8, 4) is 34.5 Å². The number of aromatic nitrogens is 6. The van der Waals surface area contributed by atoms with Crippen LogP contribution in [0.15, 0.2) is 49.1 Å². The van der Waals surface area contributed by atoms with Gasteiger partial charge in [-0.3, -0.25) is 19.1 Å². The molecular weight excluding hydrogens is 526 g/mol. The highest BCUT2D eigenvalue weighted by atomic mass is 32.2. The molecule has 0 spiro atoms. The number of para-hydroxylation sites is 1. The molecule has 13 nitrogen and oxygen atoms in total. The summed E-state index contributed by atoms with van der Waals surface area (Å²) in [6, 6.07) is 6.55. The quantitative estimate of drug-likeness (QED) is 0.248. The zero-order valence-corrected chi connectivity index (χ0v) is 22.9. The minimum atomic E-state index is -2.39. The number of rotatable bonds is 12. The summed E-state index contributed by atoms with van der Waals surface area (Å²) < 4.78 is 48.4. The van der Waals surface area contributed by atoms with Gasteiger partial charge in [0.1, 0.15) is 29.1 Å². The fourth-order valence-corrected chi connectivity index (χ4v) is 4.67. The van der Waals surface area contributed by atoms with Crippen LogP contribution in [-0.4, -0.2) is 73.0 Å². The van der Waals surface area contributed by atoms with Gasteiger partial charge in [0.05, 0.1) is 45.5 Å². The summed E-state index contributed by atoms with van der Waals surface area (Å²) in [4.78, 5) is 12.9. The summed E-state index contributed by atoms with van der Waals surface area (Å²) in [7, 11) is 6.07. The van der Waals surface area contributed by atoms with Crippen LogP contribution >= 0.6 is 0 Å². The van der Waals surface area contributed by atoms with E-state index in [1.807, 2.05) is 19.1 Å². The molecule has 1 aromatic carbocycles. The van der Waals surface area contributed by atoms with E-state index in [1.54, 1.807) is 43.3 Å². The average molecular weight is 556 g/mol. The second-order valence-electron chi connectivity index (χ2n) is 8.35. The van der Waals surface area contributed by atoms with Gasteiger partial charge >= 0.3 is 0 Å². The van der Waals surface area contributed by atoms with Crippen LogP contribution in [0.25, 0.3) is 17.1 Å². The molecule has 0 radical (unpaired) electrons. The first-order valence-electron chi connectivity index (χ1n) is 11.7. The molecule has 0 aliphatic rings. The van der Waals surface area contributed by atoms with Gasteiger partial charge in [0, 0.05) is 31.5 Å². The van der Waals surface area contributed by atoms with Crippen molar-refractivity contribution in [1.29, 1.82) is 0 Å². The lowest BCUT2D eigenvalue weighted by atomic mass is 10.0. The SMILES string of the molecule is COc1cnc([C@@H](OC)[C@H](Cc2nnc(-c3cncc(C)c3)n2-c2c(OC)cccc2OC)NS(=O)O)cn1. The molecule has 4 rings (SSSR count). The Kier molecular flexibility index (Phi) is 9.14. The van der Waals surface area contributed by atoms with E-state index < -0.39 is 23.4 Å². The van der Waals surface area contributed by atoms with Crippen molar-refractivity contribution in [1.82, 2.24) is 34.4 Å². The van der Waals surface area contributed by atoms with Crippen LogP contribution in [0.3, 0.4) is 0 Å². The van der Waals surface area contributed by atoms with E-state index in [4.69, 9.17) is 18.9 Å². The lowest BCUT2D eigenvalue weighted by Crippen LogP contribution is -2.39. The molecule has 0 amide bonds. The minimum absolute atomic E-state index is 0.0892. The summed E-state index contributed by atoms with van der Waals surface area (Å²) in [5.41, 5.74) is 2.62. The van der Waals surface area contributed by atoms with E-state index in [0.29, 0.717) is 46.0 Å². The Bertz CT molecular complexity index is 1410. The van der Waals surface area contributed by atoms with E-state index >= 15 is 0 Å². The van der Waals surface area contributed by atoms with Gasteiger partial charge in [-0.15, -0.1) is 10.2 Å². The Morgan fingerprint density at radius 2 is 1.74 bits per heavy atom. The Balaban J connectivity index is 1.88. The predicted molar refractivity (Wildman–Crippen MR) is 142 cm³/mol. The number of benzene rings is 1. The molecule has 3 aromatic heterocycles. The monoisotopic (exact) mass is 555 g/mol. The number of nitrogens with zero attached hydrogens (tertiary/aromatic N) is 6. The third-order valence-corrected chi connectivity index (χ3v) is 6.42. The molecule has 0 bridgehead atoms. The molecule has 2 N–H and O–H groups in total. The zero-order valence-electron chi connectivity index (χ0n) is 22.1. The van der Waals surface area contributed by atoms with Crippen LogP contribution in [0.5, 0.6) is 17.4 Å². The van der Waals surface area contributed by atoms with Gasteiger partial charge in [0.2, 0.25) is 17.1 Å². The van der Waals surface area contributed by atoms with Crippen LogP contribution in [0.1, 0.15) is 23.2 Å². The summed E-state index contributed by atoms with van der Waals surface area (Å²) in [6.07, 6.45) is 5.66. The van der Waals surface area contributed by atoms with Gasteiger partial charge in [-0.2, -0.15) is 0 Å². The van der Waals surface area contributed by atoms with Crippen molar-refractivity contribution in [3.63, 3.8) is 0 Å². The third kappa shape index (κ3) is 6.20. The van der Waals surface area contributed by atoms with Crippen molar-refractivity contribution in [3.05, 3.63) is 66.1 Å². The number of aryl methyl sites for hydroxylation is 1. The number of pyridine rings is 1. The van der Waals surface area contributed by atoms with Gasteiger partial charge in [-0.25, -0.2) is 13.9 Å². The van der Waals surface area contributed by atoms with Crippen molar-refractivity contribution < 1.29 is 27.7 Å². The normalized spacial score (nSPS) is 13.5. The molecule has 0 aliphatic heterocycles. The fraction of sp³-hybridized carbons (Fsp3) is 0.320. The average Bonchev–Trinajstić information content (AvgIpc) is 3.35. The molecule has 0 fully saturated rings. The number of nitrogens with one attached hydrogen (secondary N) is 1. The maximum atomic E-state index is 12.0. The first-order valence-corrected chi connectivity index (χ1v) is 12.8. The molecule has 0 saturated heterocycles. The molecule has 3 heterocycles. The maximum Gasteiger partial charge on any atom is 0.232 e. The standard InChI is InChI=1S/C25H29N7O6S/c1-15-9-16(12-26-11-15)25-30-29-21(32(25)23-19(35-2)7-6-8-20(23)36-3)10-17(31-39(33)34)24(38-5)18-13-28-22(37-4)14-27-18/h6-9,11-14,17,24,31H,10H2,1-5H3,(H,33,34)/t17-,24-/m0/s1. The van der Waals surface area contributed by atoms with Crippen LogP contribution in [0.4, 0.5) is 0 Å². The Labute approximate surface area is 228 Å². The number of ether oxygens (including phenoxy) is 4. The van der Waals surface area contributed by atoms with E-state index in [-0.39, 0.29) is 6.42 Å². The van der Waals surface area contributed by atoms with Gasteiger partial charge in [0.25, 0.3) is 0 Å². The molecule has 206 valence electrons. The molecule has 3 atom stereocenters. The highest BCUT2D eigenvalue weighted by Crippen LogP contribution is 2.37. The molecule has 14 heteroatoms. The molecule has 4 aromatic rings. The summed E-state index contributed by atoms with van der Waals surface area (Å²) in [5.74, 6) is 2.25. The third-order valence-electron chi connectivity index (χ3n) is 5.91. The summed E-state index contributed by atoms with van der Waals surface area (Å²) >= 11 is -2.39. The smallest absolute Gasteiger partial charge is 0.232 e. The topological polar surface area (TPSA) is 156 Å². The van der Waals surface area contributed by atoms with Gasteiger partial charge in [-0.1, -0.05) is 6.07 Å². The minimum Gasteiger partial charge on any atom is -0.494 e. The van der Waals surface area contributed by atoms with Crippen LogP contribution in [-0.2, 0) is 22.4 Å². The highest BCUT2D eigenvalue weighted by Gasteiger charge is 2.31. The van der Waals surface area contributed by atoms with E-state index in [2.05, 4.69) is 29.9 Å². The molecule has 0 saturated carbocycles. The lowest BCUT2D eigenvalue weighted by molar-refractivity contribution is 0.0704. The van der Waals surface area contributed by atoms with Gasteiger partial charge in [0.15, 0.2) is 5.82 Å². The lowest BCUT2D eigenvalue weighted by Gasteiger charge is -2.25. The Hall–Kier alpha value is -3.98. The number of methoxy groups -OCH3 is 4. The van der Waals surface area contributed by atoms with Crippen LogP contribution in [0, 0.1) is 6.92 Å². The van der Waals surface area contributed by atoms with Crippen molar-refractivity contribution in [2.24, 2.45) is 0 Å².